The summed E-state index contributed by atoms with van der Waals surface area (Å²) in [6, 6.07) is 10.9. The van der Waals surface area contributed by atoms with Crippen LogP contribution >= 0.6 is 15.9 Å². The Kier molecular flexibility index (Phi) is 8.21. The van der Waals surface area contributed by atoms with Crippen LogP contribution in [0.5, 0.6) is 5.75 Å². The second-order valence-corrected chi connectivity index (χ2v) is 11.5. The summed E-state index contributed by atoms with van der Waals surface area (Å²) in [5.74, 6) is -2.18. The number of aliphatic hydroxyl groups is 1. The summed E-state index contributed by atoms with van der Waals surface area (Å²) in [4.78, 5) is 38.9. The summed E-state index contributed by atoms with van der Waals surface area (Å²) < 4.78 is 7.09. The number of benzene rings is 2. The molecule has 2 saturated heterocycles. The van der Waals surface area contributed by atoms with E-state index in [4.69, 9.17) is 4.74 Å². The Bertz CT molecular complexity index is 1420. The van der Waals surface area contributed by atoms with Crippen molar-refractivity contribution in [1.29, 1.82) is 0 Å². The number of carbonyl (C=O) groups excluding carboxylic acids is 2. The van der Waals surface area contributed by atoms with Crippen molar-refractivity contribution in [2.24, 2.45) is 17.8 Å². The third kappa shape index (κ3) is 5.23. The van der Waals surface area contributed by atoms with Gasteiger partial charge >= 0.3 is 0 Å². The summed E-state index contributed by atoms with van der Waals surface area (Å²) in [6.07, 6.45) is 5.11. The van der Waals surface area contributed by atoms with Crippen molar-refractivity contribution in [2.75, 3.05) is 18.1 Å². The number of hydrogen-bond acceptors (Lipinski definition) is 7. The number of carbonyl (C=O) groups is 2. The molecule has 2 amide bonds. The highest BCUT2D eigenvalue weighted by Gasteiger charge is 2.57. The summed E-state index contributed by atoms with van der Waals surface area (Å²) in [6.45, 7) is 2.14. The van der Waals surface area contributed by atoms with E-state index in [0.717, 1.165) is 44.5 Å². The van der Waals surface area contributed by atoms with Gasteiger partial charge < -0.3 is 14.9 Å². The van der Waals surface area contributed by atoms with Crippen molar-refractivity contribution in [1.82, 2.24) is 0 Å². The molecule has 40 heavy (non-hydrogen) atoms. The molecule has 2 N–H and O–H groups in total. The number of allylic oxidation sites excluding steroid dienone is 1. The standard InChI is InChI=1S/C30H31BrN2O7/c1-2-4-17(11-18-12-20(31)8-9-25(18)35)7-10-26-27-19(15-34)13-23-28(24(27)16-40-26)30(37)32(29(23)36)21-5-3-6-22(14-21)33(38)39/h3,5-6,8-9,11-12,14,23-24,26,28,34-35H,2,4,7,10,13,15-16H2,1H3/b17-11+/t23-,24+,26-,28-/m1/s1. The number of non-ortho nitro benzene ring substituents is 1. The van der Waals surface area contributed by atoms with Crippen LogP contribution in [0.25, 0.3) is 6.08 Å². The number of nitro benzene ring substituents is 1. The molecule has 3 aliphatic rings. The third-order valence-corrected chi connectivity index (χ3v) is 8.64. The van der Waals surface area contributed by atoms with E-state index in [1.165, 1.54) is 24.3 Å². The molecule has 0 unspecified atom stereocenters. The molecule has 0 spiro atoms. The number of phenols is 1. The number of hydrogen-bond donors (Lipinski definition) is 2. The second-order valence-electron chi connectivity index (χ2n) is 10.6. The van der Waals surface area contributed by atoms with Gasteiger partial charge in [-0.1, -0.05) is 47.0 Å². The molecule has 2 aliphatic heterocycles. The number of aliphatic hydroxyl groups excluding tert-OH is 1. The first-order valence-corrected chi connectivity index (χ1v) is 14.3. The number of rotatable bonds is 9. The van der Waals surface area contributed by atoms with Gasteiger partial charge in [-0.2, -0.15) is 0 Å². The van der Waals surface area contributed by atoms with Crippen LogP contribution in [0.15, 0.2) is 63.7 Å². The Morgan fingerprint density at radius 1 is 1.18 bits per heavy atom. The molecule has 210 valence electrons. The minimum atomic E-state index is -0.639. The fourth-order valence-electron chi connectivity index (χ4n) is 6.39. The maximum Gasteiger partial charge on any atom is 0.271 e. The molecule has 1 aliphatic carbocycles. The molecule has 9 nitrogen and oxygen atoms in total. The van der Waals surface area contributed by atoms with Gasteiger partial charge in [0.15, 0.2) is 0 Å². The van der Waals surface area contributed by atoms with Crippen molar-refractivity contribution >= 4 is 45.2 Å². The average molecular weight is 611 g/mol. The van der Waals surface area contributed by atoms with Gasteiger partial charge in [-0.15, -0.1) is 0 Å². The van der Waals surface area contributed by atoms with Gasteiger partial charge in [0.2, 0.25) is 11.8 Å². The molecule has 2 fully saturated rings. The van der Waals surface area contributed by atoms with E-state index in [0.29, 0.717) is 12.8 Å². The van der Waals surface area contributed by atoms with E-state index in [9.17, 15) is 29.9 Å². The first-order valence-electron chi connectivity index (χ1n) is 13.5. The Morgan fingerprint density at radius 2 is 1.98 bits per heavy atom. The van der Waals surface area contributed by atoms with Crippen LogP contribution in [-0.2, 0) is 14.3 Å². The van der Waals surface area contributed by atoms with Crippen LogP contribution < -0.4 is 4.90 Å². The minimum absolute atomic E-state index is 0.186. The van der Waals surface area contributed by atoms with Crippen LogP contribution in [0, 0.1) is 27.9 Å². The van der Waals surface area contributed by atoms with E-state index in [1.54, 1.807) is 12.1 Å². The third-order valence-electron chi connectivity index (χ3n) is 8.15. The molecular formula is C30H31BrN2O7. The van der Waals surface area contributed by atoms with Crippen molar-refractivity contribution in [3.8, 4) is 5.75 Å². The molecule has 2 aromatic rings. The predicted octanol–water partition coefficient (Wildman–Crippen LogP) is 5.54. The lowest BCUT2D eigenvalue weighted by molar-refractivity contribution is -0.384. The number of phenolic OH excluding ortho intramolecular Hbond substituents is 1. The van der Waals surface area contributed by atoms with Crippen molar-refractivity contribution in [2.45, 2.75) is 45.1 Å². The smallest absolute Gasteiger partial charge is 0.271 e. The first kappa shape index (κ1) is 28.2. The number of nitrogens with zero attached hydrogens (tertiary/aromatic N) is 2. The Labute approximate surface area is 240 Å². The molecule has 10 heteroatoms. The first-order chi connectivity index (χ1) is 19.2. The zero-order valence-electron chi connectivity index (χ0n) is 22.1. The number of aromatic hydroxyl groups is 1. The Balaban J connectivity index is 1.38. The van der Waals surface area contributed by atoms with Gasteiger partial charge in [0.05, 0.1) is 41.8 Å². The second kappa shape index (κ2) is 11.6. The molecule has 5 rings (SSSR count). The predicted molar refractivity (Wildman–Crippen MR) is 152 cm³/mol. The molecular weight excluding hydrogens is 580 g/mol. The molecule has 0 radical (unpaired) electrons. The van der Waals surface area contributed by atoms with Crippen LogP contribution in [0.2, 0.25) is 0 Å². The van der Waals surface area contributed by atoms with E-state index >= 15 is 0 Å². The van der Waals surface area contributed by atoms with Gasteiger partial charge in [-0.05, 0) is 61.1 Å². The largest absolute Gasteiger partial charge is 0.507 e. The molecule has 4 atom stereocenters. The minimum Gasteiger partial charge on any atom is -0.507 e. The van der Waals surface area contributed by atoms with E-state index in [-0.39, 0.29) is 54.7 Å². The Morgan fingerprint density at radius 3 is 2.70 bits per heavy atom. The molecule has 0 bridgehead atoms. The number of anilines is 1. The molecule has 2 heterocycles. The summed E-state index contributed by atoms with van der Waals surface area (Å²) in [7, 11) is 0. The zero-order chi connectivity index (χ0) is 28.6. The van der Waals surface area contributed by atoms with E-state index in [2.05, 4.69) is 22.9 Å². The number of imide groups is 1. The van der Waals surface area contributed by atoms with E-state index < -0.39 is 22.7 Å². The van der Waals surface area contributed by atoms with Gasteiger partial charge in [0.25, 0.3) is 5.69 Å². The molecule has 2 aromatic carbocycles. The number of ether oxygens (including phenoxy) is 1. The van der Waals surface area contributed by atoms with Gasteiger partial charge in [0, 0.05) is 28.1 Å². The van der Waals surface area contributed by atoms with Gasteiger partial charge in [-0.3, -0.25) is 19.7 Å². The van der Waals surface area contributed by atoms with Crippen LogP contribution in [0.1, 0.15) is 44.6 Å². The quantitative estimate of drug-likeness (QED) is 0.165. The van der Waals surface area contributed by atoms with Crippen LogP contribution in [0.4, 0.5) is 11.4 Å². The maximum atomic E-state index is 13.6. The van der Waals surface area contributed by atoms with Crippen molar-refractivity contribution < 1.29 is 29.5 Å². The summed E-state index contributed by atoms with van der Waals surface area (Å²) >= 11 is 3.46. The normalized spacial score (nSPS) is 24.5. The SMILES string of the molecule is CCC/C(=C\c1cc(Br)ccc1O)CC[C@H]1OC[C@H]2C1=C(CO)C[C@H]1C(=O)N(c3cccc([N+](=O)[O-])c3)C(=O)[C@H]12. The van der Waals surface area contributed by atoms with Gasteiger partial charge in [0.1, 0.15) is 5.75 Å². The fraction of sp³-hybridized carbons (Fsp3) is 0.400. The van der Waals surface area contributed by atoms with Crippen molar-refractivity contribution in [3.63, 3.8) is 0 Å². The lowest BCUT2D eigenvalue weighted by Crippen LogP contribution is -2.35. The number of fused-ring (bicyclic) bond motifs is 3. The summed E-state index contributed by atoms with van der Waals surface area (Å²) in [5, 5.41) is 31.9. The average Bonchev–Trinajstić information content (AvgIpc) is 3.47. The highest BCUT2D eigenvalue weighted by Crippen LogP contribution is 2.50. The number of amides is 2. The fourth-order valence-corrected chi connectivity index (χ4v) is 6.77. The Hall–Kier alpha value is -3.34. The number of halogens is 1. The highest BCUT2D eigenvalue weighted by molar-refractivity contribution is 9.10. The lowest BCUT2D eigenvalue weighted by Gasteiger charge is -2.31. The maximum absolute atomic E-state index is 13.6. The highest BCUT2D eigenvalue weighted by atomic mass is 79.9. The number of nitro groups is 1. The van der Waals surface area contributed by atoms with E-state index in [1.807, 2.05) is 12.1 Å². The van der Waals surface area contributed by atoms with Gasteiger partial charge in [-0.25, -0.2) is 4.90 Å². The lowest BCUT2D eigenvalue weighted by atomic mass is 9.69. The van der Waals surface area contributed by atoms with Crippen LogP contribution in [0.3, 0.4) is 0 Å². The molecule has 0 saturated carbocycles. The zero-order valence-corrected chi connectivity index (χ0v) is 23.7. The van der Waals surface area contributed by atoms with Crippen LogP contribution in [-0.4, -0.2) is 46.3 Å². The van der Waals surface area contributed by atoms with Crippen molar-refractivity contribution in [3.05, 3.63) is 79.3 Å². The topological polar surface area (TPSA) is 130 Å². The molecule has 0 aromatic heterocycles. The monoisotopic (exact) mass is 610 g/mol. The summed E-state index contributed by atoms with van der Waals surface area (Å²) in [5.41, 5.74) is 3.53.